The Kier molecular flexibility index (Phi) is 5.85. The zero-order valence-corrected chi connectivity index (χ0v) is 10.8. The predicted molar refractivity (Wildman–Crippen MR) is 63.1 cm³/mol. The first kappa shape index (κ1) is 17.6. The first-order chi connectivity index (χ1) is 9.61. The molecule has 1 unspecified atom stereocenters. The second-order valence-electron chi connectivity index (χ2n) is 4.34. The van der Waals surface area contributed by atoms with Crippen molar-refractivity contribution in [3.63, 3.8) is 0 Å². The van der Waals surface area contributed by atoms with E-state index in [1.165, 1.54) is 12.1 Å². The fraction of sp³-hybridized carbons (Fsp3) is 0.500. The smallest absolute Gasteiger partial charge is 0.406 e. The number of halogens is 6. The molecule has 0 bridgehead atoms. The lowest BCUT2D eigenvalue weighted by Gasteiger charge is -2.17. The lowest BCUT2D eigenvalue weighted by molar-refractivity contribution is -0.274. The van der Waals surface area contributed by atoms with E-state index in [4.69, 9.17) is 5.84 Å². The fourth-order valence-electron chi connectivity index (χ4n) is 1.75. The molecule has 0 aliphatic heterocycles. The van der Waals surface area contributed by atoms with Crippen LogP contribution in [0.25, 0.3) is 0 Å². The van der Waals surface area contributed by atoms with E-state index in [1.54, 1.807) is 0 Å². The fourth-order valence-corrected chi connectivity index (χ4v) is 1.75. The van der Waals surface area contributed by atoms with E-state index < -0.39 is 30.8 Å². The summed E-state index contributed by atoms with van der Waals surface area (Å²) in [5.41, 5.74) is 2.82. The number of ether oxygens (including phenoxy) is 1. The van der Waals surface area contributed by atoms with Crippen molar-refractivity contribution in [1.82, 2.24) is 5.43 Å². The summed E-state index contributed by atoms with van der Waals surface area (Å²) in [6.45, 7) is 0. The quantitative estimate of drug-likeness (QED) is 0.476. The zero-order chi connectivity index (χ0) is 16.1. The second-order valence-corrected chi connectivity index (χ2v) is 4.34. The molecule has 0 fully saturated rings. The summed E-state index contributed by atoms with van der Waals surface area (Å²) in [4.78, 5) is 0. The number of benzene rings is 1. The highest BCUT2D eigenvalue weighted by Gasteiger charge is 2.31. The van der Waals surface area contributed by atoms with E-state index in [-0.39, 0.29) is 12.8 Å². The minimum Gasteiger partial charge on any atom is -0.406 e. The summed E-state index contributed by atoms with van der Waals surface area (Å²) in [5, 5.41) is 0. The first-order valence-electron chi connectivity index (χ1n) is 5.99. The minimum absolute atomic E-state index is 0.107. The Bertz CT molecular complexity index is 429. The summed E-state index contributed by atoms with van der Waals surface area (Å²) in [6.07, 6.45) is -10.0. The molecule has 9 heteroatoms. The van der Waals surface area contributed by atoms with Gasteiger partial charge in [0.2, 0.25) is 0 Å². The monoisotopic (exact) mass is 316 g/mol. The number of nitrogens with one attached hydrogen (secondary N) is 1. The number of hydrogen-bond acceptors (Lipinski definition) is 3. The Balaban J connectivity index is 2.61. The Hall–Kier alpha value is -1.48. The van der Waals surface area contributed by atoms with Gasteiger partial charge in [0.05, 0.1) is 0 Å². The predicted octanol–water partition coefficient (Wildman–Crippen LogP) is 3.82. The average Bonchev–Trinajstić information content (AvgIpc) is 2.33. The number of hydrazine groups is 1. The molecule has 0 radical (unpaired) electrons. The van der Waals surface area contributed by atoms with Crippen LogP contribution in [-0.2, 0) is 0 Å². The van der Waals surface area contributed by atoms with Gasteiger partial charge in [-0.1, -0.05) is 12.1 Å². The second kappa shape index (κ2) is 6.99. The van der Waals surface area contributed by atoms with Crippen LogP contribution in [0.1, 0.15) is 30.9 Å². The summed E-state index contributed by atoms with van der Waals surface area (Å²) < 4.78 is 75.8. The summed E-state index contributed by atoms with van der Waals surface area (Å²) in [6, 6.07) is 4.22. The van der Waals surface area contributed by atoms with Crippen molar-refractivity contribution in [2.24, 2.45) is 5.84 Å². The van der Waals surface area contributed by atoms with Gasteiger partial charge in [0.1, 0.15) is 5.75 Å². The van der Waals surface area contributed by atoms with Crippen molar-refractivity contribution in [3.05, 3.63) is 29.8 Å². The highest BCUT2D eigenvalue weighted by molar-refractivity contribution is 5.29. The molecule has 21 heavy (non-hydrogen) atoms. The third-order valence-corrected chi connectivity index (χ3v) is 2.67. The van der Waals surface area contributed by atoms with E-state index in [1.807, 2.05) is 0 Å². The van der Waals surface area contributed by atoms with Crippen LogP contribution in [0.15, 0.2) is 24.3 Å². The van der Waals surface area contributed by atoms with Gasteiger partial charge in [-0.2, -0.15) is 13.2 Å². The third-order valence-electron chi connectivity index (χ3n) is 2.67. The van der Waals surface area contributed by atoms with E-state index in [0.717, 1.165) is 12.1 Å². The van der Waals surface area contributed by atoms with Crippen LogP contribution in [0.2, 0.25) is 0 Å². The molecule has 0 saturated heterocycles. The van der Waals surface area contributed by atoms with Gasteiger partial charge >= 0.3 is 12.5 Å². The van der Waals surface area contributed by atoms with Crippen LogP contribution in [0.4, 0.5) is 26.3 Å². The average molecular weight is 316 g/mol. The van der Waals surface area contributed by atoms with Crippen molar-refractivity contribution in [3.8, 4) is 5.75 Å². The lowest BCUT2D eigenvalue weighted by Crippen LogP contribution is -2.28. The van der Waals surface area contributed by atoms with E-state index in [0.29, 0.717) is 5.56 Å². The van der Waals surface area contributed by atoms with E-state index in [2.05, 4.69) is 10.2 Å². The Morgan fingerprint density at radius 1 is 1.05 bits per heavy atom. The highest BCUT2D eigenvalue weighted by Crippen LogP contribution is 2.28. The molecule has 3 nitrogen and oxygen atoms in total. The summed E-state index contributed by atoms with van der Waals surface area (Å²) in [7, 11) is 0. The molecular formula is C12H14F6N2O. The summed E-state index contributed by atoms with van der Waals surface area (Å²) >= 11 is 0. The first-order valence-corrected chi connectivity index (χ1v) is 5.99. The molecular weight excluding hydrogens is 302 g/mol. The number of hydrogen-bond donors (Lipinski definition) is 2. The Labute approximate surface area is 117 Å². The van der Waals surface area contributed by atoms with Gasteiger partial charge in [0.15, 0.2) is 0 Å². The van der Waals surface area contributed by atoms with Gasteiger partial charge in [0.25, 0.3) is 0 Å². The highest BCUT2D eigenvalue weighted by atomic mass is 19.4. The van der Waals surface area contributed by atoms with Crippen molar-refractivity contribution in [2.75, 3.05) is 0 Å². The number of nitrogens with two attached hydrogens (primary N) is 1. The standard InChI is InChI=1S/C12H14F6N2O/c13-11(14,15)7-1-2-10(20-19)8-3-5-9(6-4-8)21-12(16,17)18/h3-6,10,20H,1-2,7,19H2. The maximum absolute atomic E-state index is 12.0. The van der Waals surface area contributed by atoms with Gasteiger partial charge in [-0.3, -0.25) is 11.3 Å². The molecule has 0 amide bonds. The molecule has 0 heterocycles. The maximum atomic E-state index is 12.0. The zero-order valence-electron chi connectivity index (χ0n) is 10.8. The van der Waals surface area contributed by atoms with Crippen LogP contribution < -0.4 is 16.0 Å². The van der Waals surface area contributed by atoms with Crippen molar-refractivity contribution in [1.29, 1.82) is 0 Å². The SMILES string of the molecule is NNC(CCCC(F)(F)F)c1ccc(OC(F)(F)F)cc1. The van der Waals surface area contributed by atoms with Gasteiger partial charge in [-0.25, -0.2) is 0 Å². The normalized spacial score (nSPS) is 14.0. The van der Waals surface area contributed by atoms with Crippen LogP contribution in [0.3, 0.4) is 0 Å². The maximum Gasteiger partial charge on any atom is 0.573 e. The van der Waals surface area contributed by atoms with Crippen LogP contribution in [0, 0.1) is 0 Å². The molecule has 0 aliphatic rings. The van der Waals surface area contributed by atoms with Gasteiger partial charge in [0, 0.05) is 12.5 Å². The molecule has 1 rings (SSSR count). The molecule has 0 spiro atoms. The number of alkyl halides is 6. The third kappa shape index (κ3) is 7.19. The molecule has 0 aliphatic carbocycles. The molecule has 1 atom stereocenters. The lowest BCUT2D eigenvalue weighted by atomic mass is 10.0. The largest absolute Gasteiger partial charge is 0.573 e. The molecule has 1 aromatic carbocycles. The Morgan fingerprint density at radius 2 is 1.62 bits per heavy atom. The minimum atomic E-state index is -4.79. The Morgan fingerprint density at radius 3 is 2.05 bits per heavy atom. The van der Waals surface area contributed by atoms with Gasteiger partial charge in [-0.05, 0) is 30.5 Å². The molecule has 0 saturated carbocycles. The summed E-state index contributed by atoms with van der Waals surface area (Å²) in [5.74, 6) is 4.85. The molecule has 0 aromatic heterocycles. The van der Waals surface area contributed by atoms with Crippen molar-refractivity contribution < 1.29 is 31.1 Å². The molecule has 120 valence electrons. The van der Waals surface area contributed by atoms with Crippen molar-refractivity contribution >= 4 is 0 Å². The topological polar surface area (TPSA) is 47.3 Å². The van der Waals surface area contributed by atoms with Gasteiger partial charge in [-0.15, -0.1) is 13.2 Å². The van der Waals surface area contributed by atoms with Crippen LogP contribution in [-0.4, -0.2) is 12.5 Å². The van der Waals surface area contributed by atoms with Crippen LogP contribution in [0.5, 0.6) is 5.75 Å². The van der Waals surface area contributed by atoms with E-state index in [9.17, 15) is 26.3 Å². The van der Waals surface area contributed by atoms with E-state index >= 15 is 0 Å². The number of rotatable bonds is 6. The van der Waals surface area contributed by atoms with Gasteiger partial charge < -0.3 is 4.74 Å². The molecule has 3 N–H and O–H groups in total. The van der Waals surface area contributed by atoms with Crippen LogP contribution >= 0.6 is 0 Å². The molecule has 1 aromatic rings. The van der Waals surface area contributed by atoms with Crippen molar-refractivity contribution in [2.45, 2.75) is 37.8 Å².